The first kappa shape index (κ1) is 24.1. The zero-order valence-corrected chi connectivity index (χ0v) is 17.2. The number of aliphatic hydroxyl groups is 1. The predicted octanol–water partition coefficient (Wildman–Crippen LogP) is 4.95. The quantitative estimate of drug-likeness (QED) is 0.590. The molecule has 0 spiro atoms. The van der Waals surface area contributed by atoms with Gasteiger partial charge in [-0.25, -0.2) is 21.6 Å². The van der Waals surface area contributed by atoms with Gasteiger partial charge in [-0.2, -0.15) is 18.4 Å². The molecule has 4 rings (SSSR count). The van der Waals surface area contributed by atoms with Crippen LogP contribution in [0.15, 0.2) is 35.2 Å². The highest BCUT2D eigenvalue weighted by atomic mass is 32.2. The fraction of sp³-hybridized carbons (Fsp3) is 0.381. The number of rotatable bonds is 1. The number of nitriles is 1. The van der Waals surface area contributed by atoms with Crippen LogP contribution < -0.4 is 0 Å². The molecule has 4 nitrogen and oxygen atoms in total. The van der Waals surface area contributed by atoms with Crippen LogP contribution in [0.5, 0.6) is 0 Å². The van der Waals surface area contributed by atoms with E-state index in [1.807, 2.05) is 6.07 Å². The Hall–Kier alpha value is -2.58. The molecule has 172 valence electrons. The van der Waals surface area contributed by atoms with Crippen molar-refractivity contribution in [2.24, 2.45) is 0 Å². The molecule has 0 aromatic heterocycles. The number of aliphatic hydroxyl groups excluding tert-OH is 1. The van der Waals surface area contributed by atoms with Crippen molar-refractivity contribution in [2.45, 2.75) is 54.5 Å². The number of halogens is 6. The molecule has 32 heavy (non-hydrogen) atoms. The van der Waals surface area contributed by atoms with Crippen molar-refractivity contribution in [3.05, 3.63) is 64.0 Å². The average Bonchev–Trinajstić information content (AvgIpc) is 3.01. The van der Waals surface area contributed by atoms with E-state index in [0.717, 1.165) is 18.6 Å². The number of fused-ring (bicyclic) bond motifs is 2. The summed E-state index contributed by atoms with van der Waals surface area (Å²) in [6, 6.07) is 7.42. The largest absolute Gasteiger partial charge is 0.501 e. The first-order chi connectivity index (χ1) is 14.9. The highest BCUT2D eigenvalue weighted by molar-refractivity contribution is 7.92. The summed E-state index contributed by atoms with van der Waals surface area (Å²) in [7, 11) is -5.58. The standard InChI is InChI=1S/C11H9F2N.C10H8F4O3S/c12-8-4-7(6-14)9-2-1-3-11(13)10(9)5-8;11-6-4-5-2-1-3-7(8(5)9(6)15)18(16,17)10(12,13)14/h4-5,11H,1-3H2;1-3,6,9,15H,4H2. The Bertz CT molecular complexity index is 1170. The van der Waals surface area contributed by atoms with Crippen molar-refractivity contribution in [2.75, 3.05) is 0 Å². The van der Waals surface area contributed by atoms with Gasteiger partial charge in [0.2, 0.25) is 0 Å². The van der Waals surface area contributed by atoms with Crippen molar-refractivity contribution in [3.8, 4) is 6.07 Å². The fourth-order valence-electron chi connectivity index (χ4n) is 3.89. The van der Waals surface area contributed by atoms with E-state index in [9.17, 15) is 39.9 Å². The Kier molecular flexibility index (Phi) is 6.58. The molecule has 0 bridgehead atoms. The Morgan fingerprint density at radius 3 is 2.47 bits per heavy atom. The Labute approximate surface area is 180 Å². The summed E-state index contributed by atoms with van der Waals surface area (Å²) in [5.74, 6) is -0.523. The molecular formula is C21H17F6NO3S. The van der Waals surface area contributed by atoms with Gasteiger partial charge in [0, 0.05) is 12.0 Å². The minimum atomic E-state index is -5.58. The van der Waals surface area contributed by atoms with Gasteiger partial charge in [-0.05, 0) is 54.2 Å². The highest BCUT2D eigenvalue weighted by Gasteiger charge is 2.50. The van der Waals surface area contributed by atoms with Crippen LogP contribution >= 0.6 is 0 Å². The van der Waals surface area contributed by atoms with E-state index in [1.54, 1.807) is 0 Å². The second kappa shape index (κ2) is 8.75. The molecule has 11 heteroatoms. The van der Waals surface area contributed by atoms with E-state index in [2.05, 4.69) is 0 Å². The molecule has 0 heterocycles. The van der Waals surface area contributed by atoms with Crippen LogP contribution in [-0.4, -0.2) is 25.2 Å². The molecule has 0 saturated carbocycles. The topological polar surface area (TPSA) is 78.2 Å². The van der Waals surface area contributed by atoms with E-state index in [-0.39, 0.29) is 17.5 Å². The minimum absolute atomic E-state index is 0.0836. The van der Waals surface area contributed by atoms with Gasteiger partial charge >= 0.3 is 5.51 Å². The zero-order valence-electron chi connectivity index (χ0n) is 16.3. The molecule has 1 N–H and O–H groups in total. The lowest BCUT2D eigenvalue weighted by molar-refractivity contribution is -0.0437. The van der Waals surface area contributed by atoms with Crippen molar-refractivity contribution in [3.63, 3.8) is 0 Å². The van der Waals surface area contributed by atoms with Gasteiger partial charge < -0.3 is 5.11 Å². The van der Waals surface area contributed by atoms with Gasteiger partial charge in [0.15, 0.2) is 0 Å². The molecule has 0 fully saturated rings. The predicted molar refractivity (Wildman–Crippen MR) is 101 cm³/mol. The van der Waals surface area contributed by atoms with Crippen molar-refractivity contribution >= 4 is 9.84 Å². The summed E-state index contributed by atoms with van der Waals surface area (Å²) >= 11 is 0. The molecule has 2 aliphatic rings. The molecule has 3 unspecified atom stereocenters. The number of alkyl halides is 5. The summed E-state index contributed by atoms with van der Waals surface area (Å²) in [5.41, 5.74) is -4.54. The lowest BCUT2D eigenvalue weighted by Crippen LogP contribution is -2.25. The Morgan fingerprint density at radius 2 is 1.84 bits per heavy atom. The van der Waals surface area contributed by atoms with Crippen molar-refractivity contribution < 1.29 is 39.9 Å². The van der Waals surface area contributed by atoms with Gasteiger partial charge in [0.25, 0.3) is 9.84 Å². The third-order valence-electron chi connectivity index (χ3n) is 5.40. The number of sulfone groups is 1. The maximum Gasteiger partial charge on any atom is 0.501 e. The van der Waals surface area contributed by atoms with E-state index in [4.69, 9.17) is 5.26 Å². The SMILES string of the molecule is N#Cc1cc(F)cc2c1CCCC2F.O=S(=O)(c1cccc2c1C(O)C(F)C2)C(F)(F)F. The molecule has 2 aromatic carbocycles. The molecule has 0 saturated heterocycles. The van der Waals surface area contributed by atoms with Crippen LogP contribution in [0.3, 0.4) is 0 Å². The van der Waals surface area contributed by atoms with Crippen LogP contribution in [0.25, 0.3) is 0 Å². The molecule has 2 aromatic rings. The summed E-state index contributed by atoms with van der Waals surface area (Å²) in [5, 5.41) is 18.2. The highest BCUT2D eigenvalue weighted by Crippen LogP contribution is 2.41. The Balaban J connectivity index is 0.000000186. The van der Waals surface area contributed by atoms with E-state index in [1.165, 1.54) is 18.2 Å². The molecular weight excluding hydrogens is 460 g/mol. The summed E-state index contributed by atoms with van der Waals surface area (Å²) < 4.78 is 99.6. The fourth-order valence-corrected chi connectivity index (χ4v) is 4.94. The normalized spacial score (nSPS) is 22.2. The van der Waals surface area contributed by atoms with Crippen LogP contribution in [0.4, 0.5) is 26.3 Å². The van der Waals surface area contributed by atoms with Crippen LogP contribution in [0.2, 0.25) is 0 Å². The first-order valence-electron chi connectivity index (χ1n) is 9.50. The second-order valence-corrected chi connectivity index (χ2v) is 9.35. The van der Waals surface area contributed by atoms with Gasteiger partial charge in [-0.15, -0.1) is 0 Å². The summed E-state index contributed by atoms with van der Waals surface area (Å²) in [4.78, 5) is -1.07. The van der Waals surface area contributed by atoms with Gasteiger partial charge in [0.05, 0.1) is 16.5 Å². The van der Waals surface area contributed by atoms with Crippen molar-refractivity contribution in [1.29, 1.82) is 5.26 Å². The number of nitrogens with zero attached hydrogens (tertiary/aromatic N) is 1. The Morgan fingerprint density at radius 1 is 1.16 bits per heavy atom. The molecule has 0 radical (unpaired) electrons. The van der Waals surface area contributed by atoms with Crippen LogP contribution in [0.1, 0.15) is 52.9 Å². The van der Waals surface area contributed by atoms with Crippen LogP contribution in [-0.2, 0) is 22.7 Å². The van der Waals surface area contributed by atoms with E-state index < -0.39 is 50.1 Å². The third-order valence-corrected chi connectivity index (χ3v) is 6.94. The third kappa shape index (κ3) is 4.34. The first-order valence-corrected chi connectivity index (χ1v) is 11.0. The lowest BCUT2D eigenvalue weighted by Gasteiger charge is -2.20. The molecule has 3 atom stereocenters. The number of benzene rings is 2. The number of hydrogen-bond acceptors (Lipinski definition) is 4. The van der Waals surface area contributed by atoms with E-state index in [0.29, 0.717) is 24.0 Å². The lowest BCUT2D eigenvalue weighted by atomic mass is 9.87. The number of hydrogen-bond donors (Lipinski definition) is 1. The maximum atomic E-state index is 13.4. The molecule has 0 amide bonds. The molecule has 2 aliphatic carbocycles. The van der Waals surface area contributed by atoms with Gasteiger partial charge in [-0.1, -0.05) is 12.1 Å². The van der Waals surface area contributed by atoms with Gasteiger partial charge in [0.1, 0.15) is 24.3 Å². The van der Waals surface area contributed by atoms with E-state index >= 15 is 0 Å². The maximum absolute atomic E-state index is 13.4. The smallest absolute Gasteiger partial charge is 0.385 e. The average molecular weight is 477 g/mol. The second-order valence-electron chi connectivity index (χ2n) is 7.44. The van der Waals surface area contributed by atoms with Gasteiger partial charge in [-0.3, -0.25) is 0 Å². The summed E-state index contributed by atoms with van der Waals surface area (Å²) in [6.45, 7) is 0. The van der Waals surface area contributed by atoms with Crippen LogP contribution in [0, 0.1) is 17.1 Å². The summed E-state index contributed by atoms with van der Waals surface area (Å²) in [6.07, 6.45) is -3.19. The zero-order chi connectivity index (χ0) is 23.8. The molecule has 0 aliphatic heterocycles. The van der Waals surface area contributed by atoms with Crippen molar-refractivity contribution in [1.82, 2.24) is 0 Å². The minimum Gasteiger partial charge on any atom is -0.385 e. The monoisotopic (exact) mass is 477 g/mol.